The van der Waals surface area contributed by atoms with Gasteiger partial charge < -0.3 is 0 Å². The third-order valence-electron chi connectivity index (χ3n) is 0.408. The van der Waals surface area contributed by atoms with E-state index in [1.54, 1.807) is 0 Å². The Labute approximate surface area is 97.4 Å². The van der Waals surface area contributed by atoms with E-state index in [4.69, 9.17) is 0 Å². The van der Waals surface area contributed by atoms with Gasteiger partial charge in [0.2, 0.25) is 0 Å². The molecule has 0 radical (unpaired) electrons. The molecular formula is H6Mo2NiO8Si2. The molecule has 0 aromatic heterocycles. The summed E-state index contributed by atoms with van der Waals surface area (Å²) in [6.07, 6.45) is 0. The van der Waals surface area contributed by atoms with E-state index in [9.17, 15) is 21.1 Å². The predicted molar refractivity (Wildman–Crippen MR) is 24.8 cm³/mol. The zero-order chi connectivity index (χ0) is 10.4. The molecule has 0 aromatic carbocycles. The molecule has 0 spiro atoms. The van der Waals surface area contributed by atoms with Crippen LogP contribution in [0.2, 0.25) is 0 Å². The van der Waals surface area contributed by atoms with Gasteiger partial charge in [-0.15, -0.1) is 0 Å². The second kappa shape index (κ2) is 8.64. The van der Waals surface area contributed by atoms with E-state index in [1.807, 2.05) is 0 Å². The fraction of sp³-hybridized carbons (Fsp3) is 0. The first-order valence-electron chi connectivity index (χ1n) is 2.15. The van der Waals surface area contributed by atoms with Crippen LogP contribution in [0, 0.1) is 0 Å². The summed E-state index contributed by atoms with van der Waals surface area (Å²) in [4.78, 5) is 0. The van der Waals surface area contributed by atoms with Crippen LogP contribution in [0.3, 0.4) is 0 Å². The minimum absolute atomic E-state index is 0. The molecule has 13 heavy (non-hydrogen) atoms. The molecule has 0 bridgehead atoms. The van der Waals surface area contributed by atoms with E-state index in [1.165, 1.54) is 0 Å². The van der Waals surface area contributed by atoms with E-state index >= 15 is 0 Å². The quantitative estimate of drug-likeness (QED) is 0.389. The molecule has 0 fully saturated rings. The number of hydrogen-bond donors (Lipinski definition) is 0. The molecule has 0 unspecified atom stereocenters. The Morgan fingerprint density at radius 1 is 0.846 bits per heavy atom. The van der Waals surface area contributed by atoms with Crippen LogP contribution in [0.15, 0.2) is 0 Å². The summed E-state index contributed by atoms with van der Waals surface area (Å²) in [6.45, 7) is 0. The molecule has 0 heterocycles. The molecule has 0 aliphatic carbocycles. The minimum atomic E-state index is -5.25. The topological polar surface area (TPSA) is 133 Å². The molecular weight excluding hydrogens is 435 g/mol. The second-order valence-corrected chi connectivity index (χ2v) is 10.7. The Balaban J connectivity index is -0.000000143. The summed E-state index contributed by atoms with van der Waals surface area (Å²) in [6, 6.07) is 0. The molecule has 0 aliphatic rings. The van der Waals surface area contributed by atoms with Crippen molar-refractivity contribution in [2.24, 2.45) is 0 Å². The first-order chi connectivity index (χ1) is 5.12. The van der Waals surface area contributed by atoms with Gasteiger partial charge in [0.05, 0.1) is 0 Å². The fourth-order valence-corrected chi connectivity index (χ4v) is 0. The Bertz CT molecular complexity index is 256. The summed E-state index contributed by atoms with van der Waals surface area (Å²) in [7, 11) is -0.0101. The molecule has 0 atom stereocenters. The van der Waals surface area contributed by atoms with Crippen LogP contribution in [0.5, 0.6) is 0 Å². The van der Waals surface area contributed by atoms with E-state index in [0.717, 1.165) is 0 Å². The van der Waals surface area contributed by atoms with Gasteiger partial charge in [0.1, 0.15) is 0 Å². The molecule has 0 aliphatic heterocycles. The van der Waals surface area contributed by atoms with Crippen LogP contribution in [-0.4, -0.2) is 21.0 Å². The average molecular weight is 441 g/mol. The normalized spacial score (nSPS) is 11.2. The summed E-state index contributed by atoms with van der Waals surface area (Å²) in [5.41, 5.74) is 0. The van der Waals surface area contributed by atoms with Gasteiger partial charge in [0, 0.05) is 0 Å². The van der Waals surface area contributed by atoms with Crippen LogP contribution in [0.4, 0.5) is 0 Å². The molecule has 0 amide bonds. The predicted octanol–water partition coefficient (Wildman–Crippen LogP) is -5.37. The van der Waals surface area contributed by atoms with Crippen molar-refractivity contribution in [1.82, 2.24) is 0 Å². The van der Waals surface area contributed by atoms with Crippen LogP contribution in [0.1, 0.15) is 0 Å². The second-order valence-electron chi connectivity index (χ2n) is 1.15. The Morgan fingerprint density at radius 3 is 0.923 bits per heavy atom. The maximum absolute atomic E-state index is 9.36. The fourth-order valence-electron chi connectivity index (χ4n) is 0. The van der Waals surface area contributed by atoms with Crippen LogP contribution < -0.4 is 7.52 Å². The zero-order valence-corrected chi connectivity index (χ0v) is 15.4. The first-order valence-corrected chi connectivity index (χ1v) is 10.3. The zero-order valence-electron chi connectivity index (χ0n) is 6.40. The van der Waals surface area contributed by atoms with Gasteiger partial charge in [0.25, 0.3) is 0 Å². The van der Waals surface area contributed by atoms with E-state index < -0.39 is 33.5 Å². The molecule has 0 N–H and O–H groups in total. The van der Waals surface area contributed by atoms with E-state index in [2.05, 4.69) is 6.16 Å². The van der Waals surface area contributed by atoms with Gasteiger partial charge in [-0.25, -0.2) is 0 Å². The van der Waals surface area contributed by atoms with E-state index in [-0.39, 0.29) is 37.5 Å². The van der Waals surface area contributed by atoms with E-state index in [0.29, 0.717) is 0 Å². The summed E-state index contributed by atoms with van der Waals surface area (Å²) in [5, 5.41) is 0. The van der Waals surface area contributed by atoms with Crippen molar-refractivity contribution < 1.29 is 77.3 Å². The van der Waals surface area contributed by atoms with Gasteiger partial charge in [-0.3, -0.25) is 0 Å². The van der Waals surface area contributed by atoms with Crippen molar-refractivity contribution in [1.29, 1.82) is 0 Å². The van der Waals surface area contributed by atoms with Gasteiger partial charge >= 0.3 is 98.2 Å². The molecule has 0 aromatic rings. The van der Waals surface area contributed by atoms with Crippen molar-refractivity contribution in [2.75, 3.05) is 0 Å². The van der Waals surface area contributed by atoms with Crippen LogP contribution in [0.25, 0.3) is 0 Å². The van der Waals surface area contributed by atoms with Crippen molar-refractivity contribution >= 4 is 21.0 Å². The molecule has 0 saturated carbocycles. The summed E-state index contributed by atoms with van der Waals surface area (Å²) in [5.74, 6) is 0. The Hall–Kier alpha value is 1.34. The maximum atomic E-state index is 9.36. The molecule has 0 rings (SSSR count). The van der Waals surface area contributed by atoms with Crippen LogP contribution >= 0.6 is 0 Å². The molecule has 13 heteroatoms. The van der Waals surface area contributed by atoms with Crippen LogP contribution in [-0.2, 0) is 69.7 Å². The molecule has 8 nitrogen and oxygen atoms in total. The summed E-state index contributed by atoms with van der Waals surface area (Å²) < 4.78 is 63.4. The number of hydrogen-bond acceptors (Lipinski definition) is 8. The number of rotatable bonds is 2. The average Bonchev–Trinajstić information content (AvgIpc) is 1.86. The molecule has 0 saturated heterocycles. The van der Waals surface area contributed by atoms with Gasteiger partial charge in [-0.1, -0.05) is 0 Å². The summed E-state index contributed by atoms with van der Waals surface area (Å²) >= 11 is -10.5. The van der Waals surface area contributed by atoms with Gasteiger partial charge in [0.15, 0.2) is 0 Å². The monoisotopic (exact) mass is 444 g/mol. The third kappa shape index (κ3) is 31.8. The van der Waals surface area contributed by atoms with Gasteiger partial charge in [-0.2, -0.15) is 0 Å². The van der Waals surface area contributed by atoms with Gasteiger partial charge in [-0.05, 0) is 0 Å². The third-order valence-corrected chi connectivity index (χ3v) is 7.25. The van der Waals surface area contributed by atoms with Crippen molar-refractivity contribution in [3.05, 3.63) is 0 Å². The first kappa shape index (κ1) is 19.8. The Kier molecular flexibility index (Phi) is 13.2. The van der Waals surface area contributed by atoms with Crippen molar-refractivity contribution in [3.8, 4) is 0 Å². The SMILES string of the molecule is [Ni+2].[O]=[Mo](=[O])([O-])[O][SiH3].[O]=[Mo](=[O])([O-])[O][SiH3]. The van der Waals surface area contributed by atoms with Crippen molar-refractivity contribution in [2.45, 2.75) is 0 Å². The standard InChI is InChI=1S/2Mo.Ni.2H3OSi.6O/c;;;2*1-2;;;;;;/h;;;2*2H3;;;;;;/q2*+1;+2;2*-1;;;;;2*-1. The van der Waals surface area contributed by atoms with Crippen molar-refractivity contribution in [3.63, 3.8) is 0 Å². The Morgan fingerprint density at radius 2 is 0.923 bits per heavy atom. The molecule has 84 valence electrons.